The molecule has 0 amide bonds. The zero-order chi connectivity index (χ0) is 23.1. The van der Waals surface area contributed by atoms with Crippen molar-refractivity contribution < 1.29 is 23.4 Å². The fourth-order valence-corrected chi connectivity index (χ4v) is 3.55. The van der Waals surface area contributed by atoms with Gasteiger partial charge in [0.2, 0.25) is 5.88 Å². The van der Waals surface area contributed by atoms with Gasteiger partial charge in [0.1, 0.15) is 5.82 Å². The van der Waals surface area contributed by atoms with Crippen molar-refractivity contribution in [2.45, 2.75) is 32.9 Å². The van der Waals surface area contributed by atoms with E-state index in [-0.39, 0.29) is 12.4 Å². The number of halogens is 2. The second kappa shape index (κ2) is 11.2. The lowest BCUT2D eigenvalue weighted by molar-refractivity contribution is 0.0356. The summed E-state index contributed by atoms with van der Waals surface area (Å²) in [6.07, 6.45) is 0.240. The van der Waals surface area contributed by atoms with Crippen LogP contribution < -0.4 is 4.74 Å². The molecule has 3 rings (SSSR count). The Labute approximate surface area is 187 Å². The number of hydrogen-bond acceptors (Lipinski definition) is 5. The Balaban J connectivity index is 2.01. The third-order valence-electron chi connectivity index (χ3n) is 4.99. The van der Waals surface area contributed by atoms with Crippen LogP contribution in [0.1, 0.15) is 24.6 Å². The third kappa shape index (κ3) is 5.91. The lowest BCUT2D eigenvalue weighted by Gasteiger charge is -2.24. The van der Waals surface area contributed by atoms with Gasteiger partial charge in [-0.3, -0.25) is 4.90 Å². The third-order valence-corrected chi connectivity index (χ3v) is 4.99. The zero-order valence-corrected chi connectivity index (χ0v) is 18.6. The summed E-state index contributed by atoms with van der Waals surface area (Å²) in [5.41, 5.74) is 2.23. The van der Waals surface area contributed by atoms with Gasteiger partial charge in [-0.15, -0.1) is 0 Å². The predicted molar refractivity (Wildman–Crippen MR) is 118 cm³/mol. The summed E-state index contributed by atoms with van der Waals surface area (Å²) in [6, 6.07) is 12.6. The molecule has 0 saturated heterocycles. The van der Waals surface area contributed by atoms with Crippen molar-refractivity contribution in [2.24, 2.45) is 0 Å². The van der Waals surface area contributed by atoms with Gasteiger partial charge in [0.15, 0.2) is 11.6 Å². The van der Waals surface area contributed by atoms with Crippen LogP contribution in [0.15, 0.2) is 48.5 Å². The van der Waals surface area contributed by atoms with Crippen LogP contribution in [0.4, 0.5) is 8.78 Å². The van der Waals surface area contributed by atoms with Crippen LogP contribution in [0.2, 0.25) is 0 Å². The van der Waals surface area contributed by atoms with Gasteiger partial charge in [-0.25, -0.2) is 13.5 Å². The number of ether oxygens (including phenoxy) is 2. The Kier molecular flexibility index (Phi) is 8.33. The SMILES string of the molecule is CCCN(Cc1c(C)nn(-c2ccccc2)c1Oc1ccc(F)cc1F)C[C@@H](O)COC. The molecule has 0 spiro atoms. The summed E-state index contributed by atoms with van der Waals surface area (Å²) < 4.78 is 40.4. The van der Waals surface area contributed by atoms with E-state index in [0.717, 1.165) is 36.3 Å². The number of aliphatic hydroxyl groups is 1. The molecule has 1 atom stereocenters. The predicted octanol–water partition coefficient (Wildman–Crippen LogP) is 4.47. The van der Waals surface area contributed by atoms with Gasteiger partial charge < -0.3 is 14.6 Å². The van der Waals surface area contributed by atoms with Crippen LogP contribution >= 0.6 is 0 Å². The van der Waals surface area contributed by atoms with Gasteiger partial charge in [-0.05, 0) is 44.2 Å². The van der Waals surface area contributed by atoms with Crippen LogP contribution in [-0.2, 0) is 11.3 Å². The lowest BCUT2D eigenvalue weighted by Crippen LogP contribution is -2.35. The maximum atomic E-state index is 14.4. The first-order chi connectivity index (χ1) is 15.4. The number of methoxy groups -OCH3 is 1. The van der Waals surface area contributed by atoms with E-state index in [2.05, 4.69) is 16.9 Å². The maximum absolute atomic E-state index is 14.4. The number of benzene rings is 2. The standard InChI is InChI=1S/C24H29F2N3O3/c1-4-12-28(14-20(30)16-31-3)15-21-17(2)27-29(19-8-6-5-7-9-19)24(21)32-23-11-10-18(25)13-22(23)26/h5-11,13,20,30H,4,12,14-16H2,1-3H3/t20-/m1/s1. The largest absolute Gasteiger partial charge is 0.435 e. The van der Waals surface area contributed by atoms with E-state index in [1.807, 2.05) is 37.3 Å². The summed E-state index contributed by atoms with van der Waals surface area (Å²) in [4.78, 5) is 2.08. The number of aromatic nitrogens is 2. The molecule has 172 valence electrons. The molecular weight excluding hydrogens is 416 g/mol. The second-order valence-corrected chi connectivity index (χ2v) is 7.64. The van der Waals surface area contributed by atoms with E-state index < -0.39 is 17.7 Å². The van der Waals surface area contributed by atoms with Crippen molar-refractivity contribution >= 4 is 0 Å². The monoisotopic (exact) mass is 445 g/mol. The Morgan fingerprint density at radius 2 is 1.91 bits per heavy atom. The minimum Gasteiger partial charge on any atom is -0.435 e. The summed E-state index contributed by atoms with van der Waals surface area (Å²) >= 11 is 0. The fraction of sp³-hybridized carbons (Fsp3) is 0.375. The molecule has 6 nitrogen and oxygen atoms in total. The Hall–Kier alpha value is -2.81. The van der Waals surface area contributed by atoms with E-state index in [0.29, 0.717) is 24.7 Å². The van der Waals surface area contributed by atoms with Crippen LogP contribution in [0.3, 0.4) is 0 Å². The summed E-state index contributed by atoms with van der Waals surface area (Å²) in [6.45, 7) is 5.72. The minimum absolute atomic E-state index is 0.0915. The van der Waals surface area contributed by atoms with Gasteiger partial charge >= 0.3 is 0 Å². The van der Waals surface area contributed by atoms with Crippen LogP contribution in [0.5, 0.6) is 11.6 Å². The molecule has 0 bridgehead atoms. The molecule has 0 aliphatic heterocycles. The smallest absolute Gasteiger partial charge is 0.227 e. The molecule has 8 heteroatoms. The van der Waals surface area contributed by atoms with Gasteiger partial charge in [0.05, 0.1) is 29.7 Å². The number of aryl methyl sites for hydroxylation is 1. The van der Waals surface area contributed by atoms with Crippen molar-refractivity contribution in [3.8, 4) is 17.3 Å². The van der Waals surface area contributed by atoms with Crippen molar-refractivity contribution in [1.29, 1.82) is 0 Å². The average Bonchev–Trinajstić information content (AvgIpc) is 3.06. The molecule has 0 aliphatic rings. The first kappa shape index (κ1) is 23.8. The van der Waals surface area contributed by atoms with E-state index >= 15 is 0 Å². The molecule has 1 aromatic heterocycles. The van der Waals surface area contributed by atoms with Gasteiger partial charge in [-0.1, -0.05) is 25.1 Å². The normalized spacial score (nSPS) is 12.3. The fourth-order valence-electron chi connectivity index (χ4n) is 3.55. The molecule has 0 fully saturated rings. The zero-order valence-electron chi connectivity index (χ0n) is 18.6. The maximum Gasteiger partial charge on any atom is 0.227 e. The highest BCUT2D eigenvalue weighted by molar-refractivity contribution is 5.43. The summed E-state index contributed by atoms with van der Waals surface area (Å²) in [5.74, 6) is -1.22. The summed E-state index contributed by atoms with van der Waals surface area (Å²) in [5, 5.41) is 14.9. The molecule has 1 N–H and O–H groups in total. The topological polar surface area (TPSA) is 59.8 Å². The second-order valence-electron chi connectivity index (χ2n) is 7.64. The highest BCUT2D eigenvalue weighted by Crippen LogP contribution is 2.33. The van der Waals surface area contributed by atoms with Crippen LogP contribution in [-0.4, -0.2) is 52.7 Å². The quantitative estimate of drug-likeness (QED) is 0.472. The molecule has 0 saturated carbocycles. The summed E-state index contributed by atoms with van der Waals surface area (Å²) in [7, 11) is 1.55. The van der Waals surface area contributed by atoms with E-state index in [4.69, 9.17) is 9.47 Å². The minimum atomic E-state index is -0.796. The van der Waals surface area contributed by atoms with Gasteiger partial charge in [0, 0.05) is 26.3 Å². The molecule has 0 radical (unpaired) electrons. The van der Waals surface area contributed by atoms with Crippen molar-refractivity contribution in [1.82, 2.24) is 14.7 Å². The molecular formula is C24H29F2N3O3. The Bertz CT molecular complexity index is 1010. The molecule has 3 aromatic rings. The molecule has 0 unspecified atom stereocenters. The van der Waals surface area contributed by atoms with Gasteiger partial charge in [-0.2, -0.15) is 5.10 Å². The Morgan fingerprint density at radius 3 is 2.56 bits per heavy atom. The van der Waals surface area contributed by atoms with Gasteiger partial charge in [0.25, 0.3) is 0 Å². The number of rotatable bonds is 11. The number of nitrogens with zero attached hydrogens (tertiary/aromatic N) is 3. The highest BCUT2D eigenvalue weighted by Gasteiger charge is 2.23. The van der Waals surface area contributed by atoms with Crippen LogP contribution in [0.25, 0.3) is 5.69 Å². The number of aliphatic hydroxyl groups excluding tert-OH is 1. The van der Waals surface area contributed by atoms with E-state index in [1.165, 1.54) is 6.07 Å². The van der Waals surface area contributed by atoms with Crippen molar-refractivity contribution in [3.63, 3.8) is 0 Å². The van der Waals surface area contributed by atoms with Crippen LogP contribution in [0, 0.1) is 18.6 Å². The van der Waals surface area contributed by atoms with E-state index in [9.17, 15) is 13.9 Å². The lowest BCUT2D eigenvalue weighted by atomic mass is 10.2. The average molecular weight is 446 g/mol. The van der Waals surface area contributed by atoms with Crippen molar-refractivity contribution in [3.05, 3.63) is 71.4 Å². The molecule has 2 aromatic carbocycles. The molecule has 32 heavy (non-hydrogen) atoms. The molecule has 0 aliphatic carbocycles. The van der Waals surface area contributed by atoms with Crippen molar-refractivity contribution in [2.75, 3.05) is 26.8 Å². The highest BCUT2D eigenvalue weighted by atomic mass is 19.1. The number of para-hydroxylation sites is 1. The Morgan fingerprint density at radius 1 is 1.16 bits per heavy atom. The first-order valence-corrected chi connectivity index (χ1v) is 10.6. The van der Waals surface area contributed by atoms with E-state index in [1.54, 1.807) is 11.8 Å². The number of hydrogen-bond donors (Lipinski definition) is 1. The molecule has 1 heterocycles. The first-order valence-electron chi connectivity index (χ1n) is 10.6.